The van der Waals surface area contributed by atoms with Crippen molar-refractivity contribution in [3.05, 3.63) is 48.0 Å². The summed E-state index contributed by atoms with van der Waals surface area (Å²) in [6.45, 7) is 11.6. The van der Waals surface area contributed by atoms with Gasteiger partial charge in [-0.2, -0.15) is 13.2 Å². The van der Waals surface area contributed by atoms with Gasteiger partial charge in [0.2, 0.25) is 0 Å². The van der Waals surface area contributed by atoms with Crippen LogP contribution in [0.3, 0.4) is 0 Å². The van der Waals surface area contributed by atoms with Crippen molar-refractivity contribution in [2.75, 3.05) is 6.26 Å². The van der Waals surface area contributed by atoms with Crippen LogP contribution < -0.4 is 10.2 Å². The van der Waals surface area contributed by atoms with E-state index in [4.69, 9.17) is 14.0 Å². The molecule has 0 amide bonds. The lowest BCUT2D eigenvalue weighted by Gasteiger charge is -2.32. The first-order valence-electron chi connectivity index (χ1n) is 9.98. The van der Waals surface area contributed by atoms with Gasteiger partial charge < -0.3 is 14.0 Å². The molecule has 0 aliphatic carbocycles. The summed E-state index contributed by atoms with van der Waals surface area (Å²) < 4.78 is 68.9. The van der Waals surface area contributed by atoms with E-state index in [1.165, 1.54) is 18.4 Å². The van der Waals surface area contributed by atoms with Crippen LogP contribution in [0.15, 0.2) is 47.4 Å². The van der Waals surface area contributed by atoms with E-state index in [0.29, 0.717) is 10.4 Å². The summed E-state index contributed by atoms with van der Waals surface area (Å²) in [7, 11) is -2.08. The molecule has 1 aliphatic rings. The predicted molar refractivity (Wildman–Crippen MR) is 117 cm³/mol. The molecule has 0 N–H and O–H groups in total. The third-order valence-electron chi connectivity index (χ3n) is 5.21. The molecule has 170 valence electrons. The molecular weight excluding hydrogens is 428 g/mol. The zero-order valence-corrected chi connectivity index (χ0v) is 19.6. The Hall–Kier alpha value is -1.84. The van der Waals surface area contributed by atoms with Gasteiger partial charge in [-0.15, -0.1) is 0 Å². The van der Waals surface area contributed by atoms with Crippen molar-refractivity contribution in [2.45, 2.75) is 63.8 Å². The first-order valence-corrected chi connectivity index (χ1v) is 11.5. The van der Waals surface area contributed by atoms with E-state index in [1.54, 1.807) is 18.2 Å². The van der Waals surface area contributed by atoms with Gasteiger partial charge >= 0.3 is 13.3 Å². The molecule has 2 aromatic rings. The van der Waals surface area contributed by atoms with Gasteiger partial charge in [0.25, 0.3) is 0 Å². The first-order chi connectivity index (χ1) is 14.3. The molecule has 4 nitrogen and oxygen atoms in total. The molecule has 0 radical (unpaired) electrons. The second-order valence-electron chi connectivity index (χ2n) is 7.87. The van der Waals surface area contributed by atoms with Crippen LogP contribution >= 0.6 is 0 Å². The Morgan fingerprint density at radius 3 is 2.06 bits per heavy atom. The average Bonchev–Trinajstić information content (AvgIpc) is 2.90. The van der Waals surface area contributed by atoms with Crippen molar-refractivity contribution in [2.24, 2.45) is 0 Å². The van der Waals surface area contributed by atoms with Crippen molar-refractivity contribution in [3.63, 3.8) is 0 Å². The van der Waals surface area contributed by atoms with E-state index >= 15 is 0 Å². The van der Waals surface area contributed by atoms with Crippen LogP contribution in [0.1, 0.15) is 47.1 Å². The Morgan fingerprint density at radius 1 is 0.968 bits per heavy atom. The lowest BCUT2D eigenvalue weighted by molar-refractivity contribution is -0.137. The normalized spacial score (nSPS) is 18.2. The summed E-state index contributed by atoms with van der Waals surface area (Å²) in [5.41, 5.74) is -1.58. The molecule has 2 aromatic carbocycles. The second-order valence-corrected chi connectivity index (χ2v) is 9.25. The second kappa shape index (κ2) is 9.34. The molecule has 0 bridgehead atoms. The van der Waals surface area contributed by atoms with Crippen LogP contribution in [-0.2, 0) is 26.3 Å². The zero-order chi connectivity index (χ0) is 23.6. The Labute approximate surface area is 184 Å². The highest BCUT2D eigenvalue weighted by Gasteiger charge is 2.52. The van der Waals surface area contributed by atoms with Crippen LogP contribution in [0.5, 0.6) is 11.5 Å². The summed E-state index contributed by atoms with van der Waals surface area (Å²) in [6.07, 6.45) is -2.94. The fraction of sp³-hybridized carbons (Fsp3) is 0.455. The molecule has 1 fully saturated rings. The standard InChI is InChI=1S/C20H22BF3O4S.C2H6/c1-18(2)19(3,4)28-21(27-18)16-12-15(29(5)25)9-10-17(16)26-14-8-6-7-13(11-14)20(22,23)24;1-2/h6-12H,1-5H3;1-2H3. The fourth-order valence-electron chi connectivity index (χ4n) is 2.82. The molecule has 0 saturated carbocycles. The summed E-state index contributed by atoms with van der Waals surface area (Å²) >= 11 is 0. The van der Waals surface area contributed by atoms with Crippen LogP contribution in [0.4, 0.5) is 13.2 Å². The molecule has 0 spiro atoms. The number of halogens is 3. The number of alkyl halides is 3. The molecule has 1 atom stereocenters. The Bertz CT molecular complexity index is 929. The minimum atomic E-state index is -4.48. The third kappa shape index (κ3) is 5.70. The quantitative estimate of drug-likeness (QED) is 0.566. The highest BCUT2D eigenvalue weighted by atomic mass is 32.2. The van der Waals surface area contributed by atoms with Crippen molar-refractivity contribution in [1.82, 2.24) is 0 Å². The monoisotopic (exact) mass is 456 g/mol. The highest BCUT2D eigenvalue weighted by molar-refractivity contribution is 7.84. The SMILES string of the molecule is CC.CS(=O)c1ccc(Oc2cccc(C(F)(F)F)c2)c(B2OC(C)(C)C(C)(C)O2)c1. The minimum Gasteiger partial charge on any atom is -0.458 e. The van der Waals surface area contributed by atoms with E-state index in [2.05, 4.69) is 0 Å². The van der Waals surface area contributed by atoms with E-state index in [-0.39, 0.29) is 11.5 Å². The molecule has 0 aromatic heterocycles. The molecule has 9 heteroatoms. The smallest absolute Gasteiger partial charge is 0.458 e. The number of hydrogen-bond acceptors (Lipinski definition) is 4. The lowest BCUT2D eigenvalue weighted by Crippen LogP contribution is -2.41. The van der Waals surface area contributed by atoms with Crippen molar-refractivity contribution in [1.29, 1.82) is 0 Å². The summed E-state index contributed by atoms with van der Waals surface area (Å²) in [5.74, 6) is 0.306. The van der Waals surface area contributed by atoms with Gasteiger partial charge in [0, 0.05) is 27.4 Å². The Morgan fingerprint density at radius 2 is 1.55 bits per heavy atom. The molecule has 1 saturated heterocycles. The van der Waals surface area contributed by atoms with Gasteiger partial charge in [-0.25, -0.2) is 0 Å². The Balaban J connectivity index is 0.00000166. The molecule has 1 unspecified atom stereocenters. The number of ether oxygens (including phenoxy) is 1. The van der Waals surface area contributed by atoms with Gasteiger partial charge in [-0.1, -0.05) is 19.9 Å². The van der Waals surface area contributed by atoms with Crippen molar-refractivity contribution < 1.29 is 31.4 Å². The highest BCUT2D eigenvalue weighted by Crippen LogP contribution is 2.38. The molecular formula is C22H28BF3O4S. The lowest BCUT2D eigenvalue weighted by atomic mass is 9.78. The number of hydrogen-bond donors (Lipinski definition) is 0. The predicted octanol–water partition coefficient (Wildman–Crippen LogP) is 5.56. The van der Waals surface area contributed by atoms with Crippen LogP contribution in [-0.4, -0.2) is 28.8 Å². The number of benzene rings is 2. The Kier molecular flexibility index (Phi) is 7.66. The van der Waals surface area contributed by atoms with E-state index in [1.807, 2.05) is 41.5 Å². The molecule has 1 aliphatic heterocycles. The molecule has 1 heterocycles. The van der Waals surface area contributed by atoms with Crippen molar-refractivity contribution in [3.8, 4) is 11.5 Å². The first kappa shape index (κ1) is 25.4. The topological polar surface area (TPSA) is 44.8 Å². The van der Waals surface area contributed by atoms with Gasteiger partial charge in [-0.3, -0.25) is 4.21 Å². The van der Waals surface area contributed by atoms with Gasteiger partial charge in [0.05, 0.1) is 16.8 Å². The van der Waals surface area contributed by atoms with Crippen LogP contribution in [0, 0.1) is 0 Å². The fourth-order valence-corrected chi connectivity index (χ4v) is 3.37. The zero-order valence-electron chi connectivity index (χ0n) is 18.8. The van der Waals surface area contributed by atoms with E-state index < -0.39 is 40.9 Å². The van der Waals surface area contributed by atoms with E-state index in [9.17, 15) is 17.4 Å². The van der Waals surface area contributed by atoms with E-state index in [0.717, 1.165) is 12.1 Å². The minimum absolute atomic E-state index is 0.0305. The molecule has 31 heavy (non-hydrogen) atoms. The maximum Gasteiger partial charge on any atom is 0.498 e. The third-order valence-corrected chi connectivity index (χ3v) is 6.13. The number of rotatable bonds is 4. The van der Waals surface area contributed by atoms with Gasteiger partial charge in [0.1, 0.15) is 11.5 Å². The maximum absolute atomic E-state index is 13.0. The summed E-state index contributed by atoms with van der Waals surface area (Å²) in [6, 6.07) is 9.44. The van der Waals surface area contributed by atoms with Crippen LogP contribution in [0.2, 0.25) is 0 Å². The average molecular weight is 456 g/mol. The summed E-state index contributed by atoms with van der Waals surface area (Å²) in [5, 5.41) is 0. The molecule has 3 rings (SSSR count). The summed E-state index contributed by atoms with van der Waals surface area (Å²) in [4.78, 5) is 0.533. The maximum atomic E-state index is 13.0. The van der Waals surface area contributed by atoms with Gasteiger partial charge in [0.15, 0.2) is 0 Å². The van der Waals surface area contributed by atoms with Gasteiger partial charge in [-0.05, 0) is 64.1 Å². The van der Waals surface area contributed by atoms with Crippen molar-refractivity contribution >= 4 is 23.4 Å². The largest absolute Gasteiger partial charge is 0.498 e. The van der Waals surface area contributed by atoms with Crippen LogP contribution in [0.25, 0.3) is 0 Å².